The summed E-state index contributed by atoms with van der Waals surface area (Å²) in [5.41, 5.74) is 4.98. The number of hydrogen-bond acceptors (Lipinski definition) is 6. The van der Waals surface area contributed by atoms with Gasteiger partial charge in [0.2, 0.25) is 0 Å². The van der Waals surface area contributed by atoms with Gasteiger partial charge in [0.15, 0.2) is 11.6 Å². The number of nitrogens with one attached hydrogen (secondary N) is 1. The quantitative estimate of drug-likeness (QED) is 0.343. The van der Waals surface area contributed by atoms with Crippen LogP contribution in [0.1, 0.15) is 5.56 Å². The van der Waals surface area contributed by atoms with E-state index >= 15 is 0 Å². The van der Waals surface area contributed by atoms with Crippen molar-refractivity contribution in [2.75, 3.05) is 5.43 Å². The number of phenols is 2. The van der Waals surface area contributed by atoms with Gasteiger partial charge in [-0.2, -0.15) is 5.10 Å². The van der Waals surface area contributed by atoms with Crippen LogP contribution in [0.2, 0.25) is 5.02 Å². The molecule has 1 heterocycles. The van der Waals surface area contributed by atoms with Crippen LogP contribution >= 0.6 is 11.6 Å². The molecule has 0 fully saturated rings. The van der Waals surface area contributed by atoms with Crippen molar-refractivity contribution in [1.29, 1.82) is 0 Å². The van der Waals surface area contributed by atoms with Crippen LogP contribution in [0.3, 0.4) is 0 Å². The van der Waals surface area contributed by atoms with Crippen LogP contribution in [-0.4, -0.2) is 26.4 Å². The van der Waals surface area contributed by atoms with Gasteiger partial charge in [-0.3, -0.25) is 5.43 Å². The Morgan fingerprint density at radius 3 is 2.50 bits per heavy atom. The molecular formula is C21H15ClN4O2. The van der Waals surface area contributed by atoms with Crippen molar-refractivity contribution in [2.45, 2.75) is 0 Å². The summed E-state index contributed by atoms with van der Waals surface area (Å²) in [6, 6.07) is 19.2. The van der Waals surface area contributed by atoms with Crippen molar-refractivity contribution in [3.63, 3.8) is 0 Å². The molecule has 138 valence electrons. The van der Waals surface area contributed by atoms with Crippen molar-refractivity contribution in [1.82, 2.24) is 9.97 Å². The highest BCUT2D eigenvalue weighted by Gasteiger charge is 2.09. The first-order chi connectivity index (χ1) is 13.6. The number of aromatic hydroxyl groups is 2. The maximum Gasteiger partial charge on any atom is 0.162 e. The van der Waals surface area contributed by atoms with Crippen molar-refractivity contribution in [3.05, 3.63) is 77.3 Å². The number of benzene rings is 3. The fourth-order valence-corrected chi connectivity index (χ4v) is 2.82. The first-order valence-corrected chi connectivity index (χ1v) is 8.82. The molecule has 0 atom stereocenters. The second-order valence-corrected chi connectivity index (χ2v) is 6.47. The number of para-hydroxylation sites is 1. The van der Waals surface area contributed by atoms with E-state index in [1.807, 2.05) is 36.4 Å². The van der Waals surface area contributed by atoms with E-state index in [4.69, 9.17) is 11.6 Å². The van der Waals surface area contributed by atoms with Gasteiger partial charge in [0.1, 0.15) is 11.5 Å². The first kappa shape index (κ1) is 17.8. The highest BCUT2D eigenvalue weighted by Crippen LogP contribution is 2.26. The lowest BCUT2D eigenvalue weighted by atomic mass is 10.2. The van der Waals surface area contributed by atoms with Gasteiger partial charge in [0, 0.05) is 27.6 Å². The maximum atomic E-state index is 9.86. The highest BCUT2D eigenvalue weighted by atomic mass is 35.5. The van der Waals surface area contributed by atoms with Crippen LogP contribution in [-0.2, 0) is 0 Å². The Bertz CT molecular complexity index is 1180. The zero-order valence-corrected chi connectivity index (χ0v) is 15.3. The smallest absolute Gasteiger partial charge is 0.162 e. The third-order valence-corrected chi connectivity index (χ3v) is 4.35. The Labute approximate surface area is 165 Å². The van der Waals surface area contributed by atoms with Gasteiger partial charge in [0.05, 0.1) is 11.7 Å². The number of halogens is 1. The zero-order valence-electron chi connectivity index (χ0n) is 14.5. The van der Waals surface area contributed by atoms with E-state index in [2.05, 4.69) is 20.5 Å². The first-order valence-electron chi connectivity index (χ1n) is 8.44. The lowest BCUT2D eigenvalue weighted by Crippen LogP contribution is -1.99. The van der Waals surface area contributed by atoms with E-state index in [0.29, 0.717) is 22.2 Å². The third kappa shape index (κ3) is 3.72. The van der Waals surface area contributed by atoms with E-state index in [9.17, 15) is 10.2 Å². The van der Waals surface area contributed by atoms with Crippen LogP contribution < -0.4 is 5.43 Å². The second-order valence-electron chi connectivity index (χ2n) is 6.03. The molecule has 0 aliphatic carbocycles. The van der Waals surface area contributed by atoms with E-state index in [1.165, 1.54) is 18.3 Å². The summed E-state index contributed by atoms with van der Waals surface area (Å²) in [6.45, 7) is 0. The van der Waals surface area contributed by atoms with Crippen molar-refractivity contribution in [3.8, 4) is 22.9 Å². The fraction of sp³-hybridized carbons (Fsp3) is 0. The lowest BCUT2D eigenvalue weighted by Gasteiger charge is -2.08. The summed E-state index contributed by atoms with van der Waals surface area (Å²) < 4.78 is 0. The molecule has 0 unspecified atom stereocenters. The van der Waals surface area contributed by atoms with Gasteiger partial charge >= 0.3 is 0 Å². The van der Waals surface area contributed by atoms with Crippen LogP contribution in [0.25, 0.3) is 22.3 Å². The molecule has 0 saturated heterocycles. The number of anilines is 1. The second kappa shape index (κ2) is 7.54. The molecule has 0 amide bonds. The number of rotatable bonds is 4. The molecule has 4 rings (SSSR count). The van der Waals surface area contributed by atoms with E-state index in [0.717, 1.165) is 16.5 Å². The van der Waals surface area contributed by atoms with Crippen molar-refractivity contribution >= 4 is 34.5 Å². The molecule has 3 aromatic carbocycles. The largest absolute Gasteiger partial charge is 0.508 e. The minimum absolute atomic E-state index is 0.0167. The maximum absolute atomic E-state index is 9.86. The predicted octanol–water partition coefficient (Wildman–Crippen LogP) is 4.81. The average molecular weight is 391 g/mol. The molecule has 4 aromatic rings. The highest BCUT2D eigenvalue weighted by molar-refractivity contribution is 6.30. The topological polar surface area (TPSA) is 90.6 Å². The van der Waals surface area contributed by atoms with Gasteiger partial charge in [-0.05, 0) is 48.5 Å². The minimum Gasteiger partial charge on any atom is -0.508 e. The Morgan fingerprint density at radius 2 is 1.71 bits per heavy atom. The molecule has 0 aliphatic heterocycles. The zero-order chi connectivity index (χ0) is 19.5. The standard InChI is InChI=1S/C21H15ClN4O2/c22-15-8-5-13(6-9-15)20-24-18-4-2-1-3-17(18)21(25-20)26-23-12-14-7-10-16(27)11-19(14)28/h1-12,27-28H,(H,24,25,26)/b23-12+. The van der Waals surface area contributed by atoms with Gasteiger partial charge in [-0.15, -0.1) is 0 Å². The lowest BCUT2D eigenvalue weighted by molar-refractivity contribution is 0.450. The molecular weight excluding hydrogens is 376 g/mol. The van der Waals surface area contributed by atoms with Crippen LogP contribution in [0.15, 0.2) is 71.8 Å². The summed E-state index contributed by atoms with van der Waals surface area (Å²) in [6.07, 6.45) is 1.45. The summed E-state index contributed by atoms with van der Waals surface area (Å²) in [5.74, 6) is 0.988. The average Bonchev–Trinajstić information content (AvgIpc) is 2.70. The number of hydrazone groups is 1. The van der Waals surface area contributed by atoms with E-state index in [-0.39, 0.29) is 11.5 Å². The fourth-order valence-electron chi connectivity index (χ4n) is 2.69. The molecule has 0 bridgehead atoms. The van der Waals surface area contributed by atoms with Crippen molar-refractivity contribution in [2.24, 2.45) is 5.10 Å². The van der Waals surface area contributed by atoms with Gasteiger partial charge in [0.25, 0.3) is 0 Å². The molecule has 0 spiro atoms. The van der Waals surface area contributed by atoms with Gasteiger partial charge in [-0.1, -0.05) is 23.7 Å². The number of hydrogen-bond donors (Lipinski definition) is 3. The van der Waals surface area contributed by atoms with Crippen LogP contribution in [0, 0.1) is 0 Å². The number of phenolic OH excluding ortho intramolecular Hbond substituents is 2. The summed E-state index contributed by atoms with van der Waals surface area (Å²) >= 11 is 5.97. The molecule has 3 N–H and O–H groups in total. The van der Waals surface area contributed by atoms with Gasteiger partial charge < -0.3 is 10.2 Å². The molecule has 7 heteroatoms. The molecule has 28 heavy (non-hydrogen) atoms. The third-order valence-electron chi connectivity index (χ3n) is 4.09. The summed E-state index contributed by atoms with van der Waals surface area (Å²) in [5, 5.41) is 24.9. The van der Waals surface area contributed by atoms with Crippen LogP contribution in [0.5, 0.6) is 11.5 Å². The summed E-state index contributed by atoms with van der Waals surface area (Å²) in [4.78, 5) is 9.20. The number of fused-ring (bicyclic) bond motifs is 1. The predicted molar refractivity (Wildman–Crippen MR) is 111 cm³/mol. The number of aromatic nitrogens is 2. The Balaban J connectivity index is 1.71. The molecule has 0 radical (unpaired) electrons. The molecule has 0 aliphatic rings. The Hall–Kier alpha value is -3.64. The van der Waals surface area contributed by atoms with Crippen LogP contribution in [0.4, 0.5) is 5.82 Å². The van der Waals surface area contributed by atoms with Gasteiger partial charge in [-0.25, -0.2) is 9.97 Å². The SMILES string of the molecule is Oc1ccc(/C=N/Nc2nc(-c3ccc(Cl)cc3)nc3ccccc23)c(O)c1. The summed E-state index contributed by atoms with van der Waals surface area (Å²) in [7, 11) is 0. The monoisotopic (exact) mass is 390 g/mol. The van der Waals surface area contributed by atoms with E-state index < -0.39 is 0 Å². The Morgan fingerprint density at radius 1 is 0.929 bits per heavy atom. The Kier molecular flexibility index (Phi) is 4.78. The van der Waals surface area contributed by atoms with E-state index in [1.54, 1.807) is 18.2 Å². The molecule has 6 nitrogen and oxygen atoms in total. The molecule has 1 aromatic heterocycles. The number of nitrogens with zero attached hydrogens (tertiary/aromatic N) is 3. The van der Waals surface area contributed by atoms with Crippen molar-refractivity contribution < 1.29 is 10.2 Å². The minimum atomic E-state index is -0.0695. The normalized spacial score (nSPS) is 11.2. The molecule has 0 saturated carbocycles.